The highest BCUT2D eigenvalue weighted by Gasteiger charge is 2.31. The number of amides is 1. The molecule has 1 unspecified atom stereocenters. The lowest BCUT2D eigenvalue weighted by Gasteiger charge is -2.23. The van der Waals surface area contributed by atoms with Crippen LogP contribution in [0.25, 0.3) is 0 Å². The van der Waals surface area contributed by atoms with Crippen LogP contribution in [-0.2, 0) is 16.0 Å². The van der Waals surface area contributed by atoms with E-state index in [0.717, 1.165) is 11.1 Å². The van der Waals surface area contributed by atoms with E-state index in [1.807, 2.05) is 25.1 Å². The third-order valence-corrected chi connectivity index (χ3v) is 4.26. The third kappa shape index (κ3) is 5.05. The van der Waals surface area contributed by atoms with Crippen molar-refractivity contribution in [3.8, 4) is 0 Å². The molecule has 5 heteroatoms. The fourth-order valence-electron chi connectivity index (χ4n) is 1.78. The van der Waals surface area contributed by atoms with E-state index in [0.29, 0.717) is 24.3 Å². The average Bonchev–Trinajstić information content (AvgIpc) is 2.45. The number of halogens is 1. The summed E-state index contributed by atoms with van der Waals surface area (Å²) in [6, 6.07) is 5.73. The van der Waals surface area contributed by atoms with Crippen molar-refractivity contribution in [2.24, 2.45) is 5.41 Å². The summed E-state index contributed by atoms with van der Waals surface area (Å²) in [7, 11) is 0. The van der Waals surface area contributed by atoms with Gasteiger partial charge in [0.25, 0.3) is 0 Å². The average molecular weight is 312 g/mol. The van der Waals surface area contributed by atoms with Crippen LogP contribution < -0.4 is 5.32 Å². The maximum atomic E-state index is 11.8. The second kappa shape index (κ2) is 7.46. The Bertz CT molecular complexity index is 530. The van der Waals surface area contributed by atoms with Gasteiger partial charge in [-0.15, -0.1) is 0 Å². The molecule has 0 saturated heterocycles. The number of aliphatic carboxylic acids is 1. The zero-order valence-corrected chi connectivity index (χ0v) is 13.5. The van der Waals surface area contributed by atoms with Gasteiger partial charge < -0.3 is 10.4 Å². The van der Waals surface area contributed by atoms with Gasteiger partial charge in [0.2, 0.25) is 5.91 Å². The molecule has 4 nitrogen and oxygen atoms in total. The maximum absolute atomic E-state index is 11.8. The topological polar surface area (TPSA) is 66.4 Å². The van der Waals surface area contributed by atoms with Crippen LogP contribution in [0.1, 0.15) is 37.8 Å². The third-order valence-electron chi connectivity index (χ3n) is 3.85. The van der Waals surface area contributed by atoms with E-state index in [2.05, 4.69) is 5.32 Å². The van der Waals surface area contributed by atoms with Crippen molar-refractivity contribution in [3.63, 3.8) is 0 Å². The van der Waals surface area contributed by atoms with Gasteiger partial charge in [-0.25, -0.2) is 0 Å². The summed E-state index contributed by atoms with van der Waals surface area (Å²) in [5.41, 5.74) is 1.09. The summed E-state index contributed by atoms with van der Waals surface area (Å²) < 4.78 is 0. The van der Waals surface area contributed by atoms with Crippen molar-refractivity contribution in [2.45, 2.75) is 40.0 Å². The van der Waals surface area contributed by atoms with Crippen LogP contribution >= 0.6 is 11.6 Å². The van der Waals surface area contributed by atoms with Gasteiger partial charge in [-0.2, -0.15) is 0 Å². The fourth-order valence-corrected chi connectivity index (χ4v) is 1.99. The molecule has 0 radical (unpaired) electrons. The van der Waals surface area contributed by atoms with Crippen molar-refractivity contribution >= 4 is 23.5 Å². The molecule has 0 bridgehead atoms. The Morgan fingerprint density at radius 2 is 2.05 bits per heavy atom. The van der Waals surface area contributed by atoms with Gasteiger partial charge >= 0.3 is 5.97 Å². The summed E-state index contributed by atoms with van der Waals surface area (Å²) >= 11 is 6.04. The number of benzene rings is 1. The second-order valence-electron chi connectivity index (χ2n) is 5.58. The van der Waals surface area contributed by atoms with E-state index in [1.54, 1.807) is 13.8 Å². The molecule has 0 heterocycles. The van der Waals surface area contributed by atoms with E-state index < -0.39 is 11.4 Å². The number of carbonyl (C=O) groups excluding carboxylic acids is 1. The Morgan fingerprint density at radius 3 is 2.57 bits per heavy atom. The maximum Gasteiger partial charge on any atom is 0.311 e. The van der Waals surface area contributed by atoms with Gasteiger partial charge in [0.1, 0.15) is 0 Å². The van der Waals surface area contributed by atoms with Crippen molar-refractivity contribution in [1.29, 1.82) is 0 Å². The van der Waals surface area contributed by atoms with Crippen molar-refractivity contribution in [1.82, 2.24) is 5.32 Å². The molecule has 0 aliphatic rings. The minimum absolute atomic E-state index is 0.145. The first-order valence-electron chi connectivity index (χ1n) is 7.03. The molecule has 1 amide bonds. The van der Waals surface area contributed by atoms with Gasteiger partial charge in [-0.1, -0.05) is 30.7 Å². The van der Waals surface area contributed by atoms with Crippen LogP contribution in [0.4, 0.5) is 0 Å². The Morgan fingerprint density at radius 1 is 1.38 bits per heavy atom. The van der Waals surface area contributed by atoms with E-state index in [9.17, 15) is 9.59 Å². The monoisotopic (exact) mass is 311 g/mol. The lowest BCUT2D eigenvalue weighted by atomic mass is 9.87. The van der Waals surface area contributed by atoms with E-state index in [4.69, 9.17) is 16.7 Å². The molecule has 1 atom stereocenters. The number of carboxylic acids is 1. The zero-order chi connectivity index (χ0) is 16.0. The number of rotatable bonds is 7. The predicted octanol–water partition coefficient (Wildman–Crippen LogP) is 3.20. The first kappa shape index (κ1) is 17.5. The highest BCUT2D eigenvalue weighted by atomic mass is 35.5. The molecule has 116 valence electrons. The molecule has 0 aromatic heterocycles. The van der Waals surface area contributed by atoms with Crippen LogP contribution in [0, 0.1) is 12.3 Å². The fraction of sp³-hybridized carbons (Fsp3) is 0.500. The summed E-state index contributed by atoms with van der Waals surface area (Å²) in [6.07, 6.45) is 1.37. The van der Waals surface area contributed by atoms with Crippen molar-refractivity contribution in [3.05, 3.63) is 34.3 Å². The Hall–Kier alpha value is -1.55. The van der Waals surface area contributed by atoms with Crippen LogP contribution in [0.5, 0.6) is 0 Å². The number of carbonyl (C=O) groups is 2. The Labute approximate surface area is 130 Å². The predicted molar refractivity (Wildman–Crippen MR) is 83.6 cm³/mol. The molecular weight excluding hydrogens is 290 g/mol. The lowest BCUT2D eigenvalue weighted by Crippen LogP contribution is -2.40. The summed E-state index contributed by atoms with van der Waals surface area (Å²) in [5, 5.41) is 12.5. The standard InChI is InChI=1S/C16H22ClNO3/c1-4-16(3,15(20)21)10-18-14(19)8-7-12-6-5-11(2)13(17)9-12/h5-6,9H,4,7-8,10H2,1-3H3,(H,18,19)(H,20,21). The minimum Gasteiger partial charge on any atom is -0.481 e. The molecule has 1 aromatic carbocycles. The quantitative estimate of drug-likeness (QED) is 0.812. The normalized spacial score (nSPS) is 13.5. The molecular formula is C16H22ClNO3. The van der Waals surface area contributed by atoms with Gasteiger partial charge in [-0.05, 0) is 43.9 Å². The minimum atomic E-state index is -0.914. The number of hydrogen-bond donors (Lipinski definition) is 2. The second-order valence-corrected chi connectivity index (χ2v) is 5.99. The van der Waals surface area contributed by atoms with E-state index >= 15 is 0 Å². The Kier molecular flexibility index (Phi) is 6.21. The van der Waals surface area contributed by atoms with E-state index in [1.165, 1.54) is 0 Å². The molecule has 1 rings (SSSR count). The summed E-state index contributed by atoms with van der Waals surface area (Å²) in [5.74, 6) is -1.04. The van der Waals surface area contributed by atoms with E-state index in [-0.39, 0.29) is 12.5 Å². The SMILES string of the molecule is CCC(C)(CNC(=O)CCc1ccc(C)c(Cl)c1)C(=O)O. The molecule has 2 N–H and O–H groups in total. The largest absolute Gasteiger partial charge is 0.481 e. The first-order valence-corrected chi connectivity index (χ1v) is 7.41. The van der Waals surface area contributed by atoms with Crippen LogP contribution in [0.15, 0.2) is 18.2 Å². The number of aryl methyl sites for hydroxylation is 2. The molecule has 0 spiro atoms. The summed E-state index contributed by atoms with van der Waals surface area (Å²) in [4.78, 5) is 23.0. The molecule has 0 aliphatic carbocycles. The van der Waals surface area contributed by atoms with Gasteiger partial charge in [0, 0.05) is 18.0 Å². The lowest BCUT2D eigenvalue weighted by molar-refractivity contribution is -0.148. The van der Waals surface area contributed by atoms with Gasteiger partial charge in [0.05, 0.1) is 5.41 Å². The van der Waals surface area contributed by atoms with Crippen molar-refractivity contribution in [2.75, 3.05) is 6.54 Å². The number of hydrogen-bond acceptors (Lipinski definition) is 2. The molecule has 0 saturated carbocycles. The van der Waals surface area contributed by atoms with Crippen LogP contribution in [0.3, 0.4) is 0 Å². The highest BCUT2D eigenvalue weighted by Crippen LogP contribution is 2.20. The number of nitrogens with one attached hydrogen (secondary N) is 1. The Balaban J connectivity index is 2.47. The van der Waals surface area contributed by atoms with Crippen LogP contribution in [-0.4, -0.2) is 23.5 Å². The molecule has 0 fully saturated rings. The van der Waals surface area contributed by atoms with Gasteiger partial charge in [0.15, 0.2) is 0 Å². The molecule has 1 aromatic rings. The first-order chi connectivity index (χ1) is 9.78. The number of carboxylic acid groups (broad SMARTS) is 1. The highest BCUT2D eigenvalue weighted by molar-refractivity contribution is 6.31. The molecule has 0 aliphatic heterocycles. The zero-order valence-electron chi connectivity index (χ0n) is 12.7. The molecule has 21 heavy (non-hydrogen) atoms. The van der Waals surface area contributed by atoms with Gasteiger partial charge in [-0.3, -0.25) is 9.59 Å². The summed E-state index contributed by atoms with van der Waals surface area (Å²) in [6.45, 7) is 5.51. The smallest absolute Gasteiger partial charge is 0.311 e. The van der Waals surface area contributed by atoms with Crippen molar-refractivity contribution < 1.29 is 14.7 Å². The van der Waals surface area contributed by atoms with Crippen LogP contribution in [0.2, 0.25) is 5.02 Å².